The highest BCUT2D eigenvalue weighted by molar-refractivity contribution is 9.10. The van der Waals surface area contributed by atoms with Crippen LogP contribution >= 0.6 is 15.9 Å². The predicted octanol–water partition coefficient (Wildman–Crippen LogP) is 1.89. The molecule has 0 amide bonds. The smallest absolute Gasteiger partial charge is 0.245 e. The average Bonchev–Trinajstić information content (AvgIpc) is 2.42. The van der Waals surface area contributed by atoms with Crippen molar-refractivity contribution >= 4 is 31.6 Å². The van der Waals surface area contributed by atoms with Crippen molar-refractivity contribution in [2.24, 2.45) is 0 Å². The van der Waals surface area contributed by atoms with Crippen molar-refractivity contribution in [1.82, 2.24) is 9.21 Å². The van der Waals surface area contributed by atoms with E-state index in [1.807, 2.05) is 14.1 Å². The van der Waals surface area contributed by atoms with Crippen molar-refractivity contribution in [3.63, 3.8) is 0 Å². The van der Waals surface area contributed by atoms with Crippen LogP contribution in [0.15, 0.2) is 21.5 Å². The van der Waals surface area contributed by atoms with Gasteiger partial charge in [0.1, 0.15) is 10.7 Å². The minimum Gasteiger partial charge on any atom is -0.398 e. The third-order valence-electron chi connectivity index (χ3n) is 3.82. The number of halogens is 2. The highest BCUT2D eigenvalue weighted by atomic mass is 79.9. The number of nitrogens with two attached hydrogens (primary N) is 1. The van der Waals surface area contributed by atoms with E-state index in [-0.39, 0.29) is 15.1 Å². The summed E-state index contributed by atoms with van der Waals surface area (Å²) in [7, 11) is 0.292. The first-order valence-corrected chi connectivity index (χ1v) is 8.88. The van der Waals surface area contributed by atoms with E-state index in [4.69, 9.17) is 5.73 Å². The molecule has 1 heterocycles. The Kier molecular flexibility index (Phi) is 4.92. The van der Waals surface area contributed by atoms with Gasteiger partial charge in [0.05, 0.1) is 10.2 Å². The van der Waals surface area contributed by atoms with E-state index in [0.717, 1.165) is 18.9 Å². The van der Waals surface area contributed by atoms with Crippen LogP contribution in [-0.4, -0.2) is 50.8 Å². The summed E-state index contributed by atoms with van der Waals surface area (Å²) in [4.78, 5) is 2.06. The Morgan fingerprint density at radius 3 is 2.43 bits per heavy atom. The van der Waals surface area contributed by atoms with E-state index in [9.17, 15) is 12.8 Å². The number of sulfonamides is 1. The molecule has 1 fully saturated rings. The molecule has 2 rings (SSSR count). The zero-order valence-electron chi connectivity index (χ0n) is 12.0. The van der Waals surface area contributed by atoms with Gasteiger partial charge in [0, 0.05) is 19.1 Å². The van der Waals surface area contributed by atoms with Crippen molar-refractivity contribution < 1.29 is 12.8 Å². The fraction of sp³-hybridized carbons (Fsp3) is 0.538. The molecule has 1 aliphatic heterocycles. The van der Waals surface area contributed by atoms with Crippen LogP contribution in [0.4, 0.5) is 10.1 Å². The molecule has 0 aromatic heterocycles. The highest BCUT2D eigenvalue weighted by Crippen LogP contribution is 2.30. The third kappa shape index (κ3) is 3.39. The molecule has 0 bridgehead atoms. The summed E-state index contributed by atoms with van der Waals surface area (Å²) in [5.41, 5.74) is 5.62. The molecule has 0 unspecified atom stereocenters. The summed E-state index contributed by atoms with van der Waals surface area (Å²) in [6.07, 6.45) is 1.54. The normalized spacial score (nSPS) is 18.3. The van der Waals surface area contributed by atoms with Gasteiger partial charge in [-0.3, -0.25) is 0 Å². The molecule has 0 radical (unpaired) electrons. The summed E-state index contributed by atoms with van der Waals surface area (Å²) < 4.78 is 40.2. The van der Waals surface area contributed by atoms with Gasteiger partial charge in [-0.1, -0.05) is 0 Å². The first kappa shape index (κ1) is 16.7. The zero-order valence-corrected chi connectivity index (χ0v) is 14.4. The SMILES string of the molecule is CN(C)C1CCN(S(=O)(=O)c2cc(Br)c(F)cc2N)CC1. The molecule has 0 atom stereocenters. The van der Waals surface area contributed by atoms with Gasteiger partial charge in [-0.15, -0.1) is 0 Å². The maximum atomic E-state index is 13.4. The lowest BCUT2D eigenvalue weighted by molar-refractivity contribution is 0.196. The summed E-state index contributed by atoms with van der Waals surface area (Å²) in [5, 5.41) is 0. The summed E-state index contributed by atoms with van der Waals surface area (Å²) >= 11 is 3.01. The van der Waals surface area contributed by atoms with Gasteiger partial charge in [-0.25, -0.2) is 12.8 Å². The highest BCUT2D eigenvalue weighted by Gasteiger charge is 2.31. The average molecular weight is 380 g/mol. The van der Waals surface area contributed by atoms with Crippen LogP contribution in [0.5, 0.6) is 0 Å². The van der Waals surface area contributed by atoms with Crippen LogP contribution in [0.3, 0.4) is 0 Å². The number of benzene rings is 1. The topological polar surface area (TPSA) is 66.6 Å². The Labute approximate surface area is 133 Å². The number of nitrogen functional groups attached to an aromatic ring is 1. The van der Waals surface area contributed by atoms with Gasteiger partial charge in [0.2, 0.25) is 10.0 Å². The molecule has 21 heavy (non-hydrogen) atoms. The monoisotopic (exact) mass is 379 g/mol. The first-order chi connectivity index (χ1) is 9.73. The largest absolute Gasteiger partial charge is 0.398 e. The molecule has 1 aromatic carbocycles. The second-order valence-electron chi connectivity index (χ2n) is 5.40. The van der Waals surface area contributed by atoms with Crippen LogP contribution in [-0.2, 0) is 10.0 Å². The van der Waals surface area contributed by atoms with E-state index in [2.05, 4.69) is 20.8 Å². The zero-order chi connectivity index (χ0) is 15.8. The molecular weight excluding hydrogens is 361 g/mol. The van der Waals surface area contributed by atoms with Crippen molar-refractivity contribution in [2.45, 2.75) is 23.8 Å². The minimum atomic E-state index is -3.69. The van der Waals surface area contributed by atoms with Crippen molar-refractivity contribution in [3.05, 3.63) is 22.4 Å². The quantitative estimate of drug-likeness (QED) is 0.814. The lowest BCUT2D eigenvalue weighted by Crippen LogP contribution is -2.44. The van der Waals surface area contributed by atoms with E-state index in [1.54, 1.807) is 0 Å². The van der Waals surface area contributed by atoms with E-state index in [1.165, 1.54) is 10.4 Å². The summed E-state index contributed by atoms with van der Waals surface area (Å²) in [6, 6.07) is 2.65. The molecule has 1 aromatic rings. The standard InChI is InChI=1S/C13H19BrFN3O2S/c1-17(2)9-3-5-18(6-4-9)21(19,20)13-7-10(14)11(15)8-12(13)16/h7-9H,3-6,16H2,1-2H3. The van der Waals surface area contributed by atoms with Gasteiger partial charge in [0.25, 0.3) is 0 Å². The second-order valence-corrected chi connectivity index (χ2v) is 8.16. The van der Waals surface area contributed by atoms with Gasteiger partial charge in [-0.2, -0.15) is 4.31 Å². The number of hydrogen-bond donors (Lipinski definition) is 1. The van der Waals surface area contributed by atoms with Crippen LogP contribution < -0.4 is 5.73 Å². The Bertz CT molecular complexity index is 629. The minimum absolute atomic E-state index is 0.0425. The Balaban J connectivity index is 2.26. The lowest BCUT2D eigenvalue weighted by atomic mass is 10.1. The van der Waals surface area contributed by atoms with Crippen molar-refractivity contribution in [3.8, 4) is 0 Å². The van der Waals surface area contributed by atoms with Gasteiger partial charge in [-0.05, 0) is 55.0 Å². The van der Waals surface area contributed by atoms with E-state index in [0.29, 0.717) is 19.1 Å². The van der Waals surface area contributed by atoms with Crippen LogP contribution in [0, 0.1) is 5.82 Å². The number of anilines is 1. The first-order valence-electron chi connectivity index (χ1n) is 6.64. The molecular formula is C13H19BrFN3O2S. The molecule has 0 aliphatic carbocycles. The molecule has 2 N–H and O–H groups in total. The second kappa shape index (κ2) is 6.20. The summed E-state index contributed by atoms with van der Waals surface area (Å²) in [6.45, 7) is 0.888. The van der Waals surface area contributed by atoms with Crippen LogP contribution in [0.1, 0.15) is 12.8 Å². The Morgan fingerprint density at radius 1 is 1.33 bits per heavy atom. The van der Waals surface area contributed by atoms with E-state index < -0.39 is 15.8 Å². The maximum Gasteiger partial charge on any atom is 0.245 e. The van der Waals surface area contributed by atoms with Gasteiger partial charge in [0.15, 0.2) is 0 Å². The maximum absolute atomic E-state index is 13.4. The number of hydrogen-bond acceptors (Lipinski definition) is 4. The Hall–Kier alpha value is -0.700. The third-order valence-corrected chi connectivity index (χ3v) is 6.39. The van der Waals surface area contributed by atoms with E-state index >= 15 is 0 Å². The Morgan fingerprint density at radius 2 is 1.90 bits per heavy atom. The molecule has 5 nitrogen and oxygen atoms in total. The lowest BCUT2D eigenvalue weighted by Gasteiger charge is -2.34. The molecule has 118 valence electrons. The summed E-state index contributed by atoms with van der Waals surface area (Å²) in [5.74, 6) is -0.572. The van der Waals surface area contributed by atoms with Crippen LogP contribution in [0.2, 0.25) is 0 Å². The van der Waals surface area contributed by atoms with Gasteiger partial charge >= 0.3 is 0 Å². The molecule has 1 aliphatic rings. The fourth-order valence-electron chi connectivity index (χ4n) is 2.51. The number of nitrogens with zero attached hydrogens (tertiary/aromatic N) is 2. The van der Waals surface area contributed by atoms with Gasteiger partial charge < -0.3 is 10.6 Å². The van der Waals surface area contributed by atoms with Crippen molar-refractivity contribution in [2.75, 3.05) is 32.9 Å². The molecule has 0 saturated carbocycles. The molecule has 1 saturated heterocycles. The van der Waals surface area contributed by atoms with Crippen LogP contribution in [0.25, 0.3) is 0 Å². The van der Waals surface area contributed by atoms with Crippen molar-refractivity contribution in [1.29, 1.82) is 0 Å². The fourth-order valence-corrected chi connectivity index (χ4v) is 4.59. The molecule has 0 spiro atoms. The predicted molar refractivity (Wildman–Crippen MR) is 84.0 cm³/mol. The number of rotatable bonds is 3. The number of piperidine rings is 1. The molecule has 8 heteroatoms.